The fourth-order valence-electron chi connectivity index (χ4n) is 2.28. The van der Waals surface area contributed by atoms with Gasteiger partial charge in [0.2, 0.25) is 0 Å². The Balaban J connectivity index is 2.69. The molecule has 1 aromatic rings. The molecule has 0 amide bonds. The van der Waals surface area contributed by atoms with Crippen molar-refractivity contribution in [3.8, 4) is 11.5 Å². The van der Waals surface area contributed by atoms with E-state index < -0.39 is 0 Å². The highest BCUT2D eigenvalue weighted by Crippen LogP contribution is 2.40. The minimum absolute atomic E-state index is 0.147. The molecular weight excluding hydrogens is 284 g/mol. The average molecular weight is 299 g/mol. The Morgan fingerprint density at radius 1 is 1.18 bits per heavy atom. The number of rotatable bonds is 2. The van der Waals surface area contributed by atoms with E-state index >= 15 is 0 Å². The minimum atomic E-state index is 0.147. The SMILES string of the molecule is COc1cc(Br)c(OC)c2c1CCCCC2=O. The first-order chi connectivity index (χ1) is 8.19. The number of halogens is 1. The van der Waals surface area contributed by atoms with E-state index in [0.717, 1.165) is 35.0 Å². The summed E-state index contributed by atoms with van der Waals surface area (Å²) in [5.41, 5.74) is 1.67. The number of Topliss-reactive ketones (excluding diaryl/α,β-unsaturated/α-hetero) is 1. The van der Waals surface area contributed by atoms with E-state index in [9.17, 15) is 4.79 Å². The molecule has 0 aliphatic heterocycles. The molecule has 1 aromatic carbocycles. The lowest BCUT2D eigenvalue weighted by molar-refractivity contribution is 0.0978. The zero-order chi connectivity index (χ0) is 12.4. The summed E-state index contributed by atoms with van der Waals surface area (Å²) in [5.74, 6) is 1.55. The zero-order valence-corrected chi connectivity index (χ0v) is 11.6. The van der Waals surface area contributed by atoms with E-state index in [1.54, 1.807) is 14.2 Å². The molecule has 2 rings (SSSR count). The number of methoxy groups -OCH3 is 2. The summed E-state index contributed by atoms with van der Waals surface area (Å²) in [4.78, 5) is 12.1. The molecule has 17 heavy (non-hydrogen) atoms. The number of benzene rings is 1. The number of fused-ring (bicyclic) bond motifs is 1. The van der Waals surface area contributed by atoms with Crippen LogP contribution < -0.4 is 9.47 Å². The third-order valence-corrected chi connectivity index (χ3v) is 3.67. The van der Waals surface area contributed by atoms with Crippen LogP contribution in [0.15, 0.2) is 10.5 Å². The highest BCUT2D eigenvalue weighted by molar-refractivity contribution is 9.10. The zero-order valence-electron chi connectivity index (χ0n) is 10.0. The molecule has 0 aromatic heterocycles. The van der Waals surface area contributed by atoms with Crippen LogP contribution in [0.4, 0.5) is 0 Å². The van der Waals surface area contributed by atoms with E-state index in [1.165, 1.54) is 0 Å². The van der Waals surface area contributed by atoms with Gasteiger partial charge in [0.05, 0.1) is 24.3 Å². The van der Waals surface area contributed by atoms with Gasteiger partial charge in [-0.25, -0.2) is 0 Å². The van der Waals surface area contributed by atoms with E-state index in [1.807, 2.05) is 6.07 Å². The molecular formula is C13H15BrO3. The normalized spacial score (nSPS) is 15.1. The third kappa shape index (κ3) is 2.18. The van der Waals surface area contributed by atoms with Crippen molar-refractivity contribution in [3.05, 3.63) is 21.7 Å². The second kappa shape index (κ2) is 5.08. The van der Waals surface area contributed by atoms with Crippen molar-refractivity contribution >= 4 is 21.7 Å². The Hall–Kier alpha value is -1.03. The van der Waals surface area contributed by atoms with Crippen LogP contribution in [0.3, 0.4) is 0 Å². The minimum Gasteiger partial charge on any atom is -0.496 e. The largest absolute Gasteiger partial charge is 0.496 e. The highest BCUT2D eigenvalue weighted by atomic mass is 79.9. The summed E-state index contributed by atoms with van der Waals surface area (Å²) in [6.45, 7) is 0. The topological polar surface area (TPSA) is 35.5 Å². The molecule has 0 heterocycles. The van der Waals surface area contributed by atoms with Crippen LogP contribution in [-0.2, 0) is 6.42 Å². The van der Waals surface area contributed by atoms with Gasteiger partial charge in [-0.1, -0.05) is 0 Å². The average Bonchev–Trinajstić information content (AvgIpc) is 2.51. The molecule has 4 heteroatoms. The van der Waals surface area contributed by atoms with Gasteiger partial charge in [0.15, 0.2) is 5.78 Å². The van der Waals surface area contributed by atoms with Gasteiger partial charge in [-0.3, -0.25) is 4.79 Å². The summed E-state index contributed by atoms with van der Waals surface area (Å²) in [6, 6.07) is 1.87. The number of ether oxygens (including phenoxy) is 2. The molecule has 0 saturated carbocycles. The van der Waals surface area contributed by atoms with Gasteiger partial charge in [0, 0.05) is 12.0 Å². The molecule has 92 valence electrons. The van der Waals surface area contributed by atoms with E-state index in [2.05, 4.69) is 15.9 Å². The summed E-state index contributed by atoms with van der Waals surface area (Å²) in [5, 5.41) is 0. The van der Waals surface area contributed by atoms with Gasteiger partial charge >= 0.3 is 0 Å². The smallest absolute Gasteiger partial charge is 0.167 e. The van der Waals surface area contributed by atoms with Crippen LogP contribution in [0, 0.1) is 0 Å². The summed E-state index contributed by atoms with van der Waals surface area (Å²) < 4.78 is 11.5. The van der Waals surface area contributed by atoms with Gasteiger partial charge in [-0.2, -0.15) is 0 Å². The molecule has 1 aliphatic carbocycles. The van der Waals surface area contributed by atoms with Crippen molar-refractivity contribution in [2.75, 3.05) is 14.2 Å². The summed E-state index contributed by atoms with van der Waals surface area (Å²) >= 11 is 3.42. The summed E-state index contributed by atoms with van der Waals surface area (Å²) in [6.07, 6.45) is 3.40. The Kier molecular flexibility index (Phi) is 3.72. The first-order valence-corrected chi connectivity index (χ1v) is 6.45. The van der Waals surface area contributed by atoms with Crippen LogP contribution in [0.25, 0.3) is 0 Å². The van der Waals surface area contributed by atoms with E-state index in [-0.39, 0.29) is 5.78 Å². The predicted molar refractivity (Wildman–Crippen MR) is 69.1 cm³/mol. The molecule has 0 radical (unpaired) electrons. The number of hydrogen-bond donors (Lipinski definition) is 0. The van der Waals surface area contributed by atoms with Gasteiger partial charge in [-0.05, 0) is 41.3 Å². The third-order valence-electron chi connectivity index (χ3n) is 3.08. The number of carbonyl (C=O) groups excluding carboxylic acids is 1. The Labute approximate surface area is 109 Å². The molecule has 1 aliphatic rings. The van der Waals surface area contributed by atoms with Crippen LogP contribution >= 0.6 is 15.9 Å². The lowest BCUT2D eigenvalue weighted by atomic mass is 10.00. The molecule has 0 spiro atoms. The quantitative estimate of drug-likeness (QED) is 0.785. The molecule has 0 atom stereocenters. The second-order valence-corrected chi connectivity index (χ2v) is 4.93. The summed E-state index contributed by atoms with van der Waals surface area (Å²) in [7, 11) is 3.22. The van der Waals surface area contributed by atoms with Crippen LogP contribution in [0.5, 0.6) is 11.5 Å². The fourth-order valence-corrected chi connectivity index (χ4v) is 2.85. The molecule has 0 saturated heterocycles. The van der Waals surface area contributed by atoms with Crippen molar-refractivity contribution in [1.82, 2.24) is 0 Å². The standard InChI is InChI=1S/C13H15BrO3/c1-16-11-7-9(14)13(17-2)12-8(11)5-3-4-6-10(12)15/h7H,3-6H2,1-2H3. The first-order valence-electron chi connectivity index (χ1n) is 5.65. The van der Waals surface area contributed by atoms with Gasteiger partial charge in [0.1, 0.15) is 11.5 Å². The van der Waals surface area contributed by atoms with Crippen LogP contribution in [-0.4, -0.2) is 20.0 Å². The van der Waals surface area contributed by atoms with Gasteiger partial charge in [0.25, 0.3) is 0 Å². The van der Waals surface area contributed by atoms with E-state index in [0.29, 0.717) is 17.7 Å². The number of hydrogen-bond acceptors (Lipinski definition) is 3. The molecule has 0 bridgehead atoms. The van der Waals surface area contributed by atoms with Crippen molar-refractivity contribution in [2.24, 2.45) is 0 Å². The molecule has 0 unspecified atom stereocenters. The van der Waals surface area contributed by atoms with Crippen LogP contribution in [0.2, 0.25) is 0 Å². The van der Waals surface area contributed by atoms with Crippen molar-refractivity contribution < 1.29 is 14.3 Å². The maximum atomic E-state index is 12.1. The van der Waals surface area contributed by atoms with Gasteiger partial charge < -0.3 is 9.47 Å². The Bertz CT molecular complexity index is 454. The molecule has 0 fully saturated rings. The lowest BCUT2D eigenvalue weighted by Crippen LogP contribution is -2.06. The maximum absolute atomic E-state index is 12.1. The highest BCUT2D eigenvalue weighted by Gasteiger charge is 2.25. The van der Waals surface area contributed by atoms with Crippen molar-refractivity contribution in [1.29, 1.82) is 0 Å². The molecule has 0 N–H and O–H groups in total. The number of ketones is 1. The van der Waals surface area contributed by atoms with Crippen molar-refractivity contribution in [2.45, 2.75) is 25.7 Å². The Morgan fingerprint density at radius 2 is 1.88 bits per heavy atom. The van der Waals surface area contributed by atoms with E-state index in [4.69, 9.17) is 9.47 Å². The van der Waals surface area contributed by atoms with Crippen molar-refractivity contribution in [3.63, 3.8) is 0 Å². The predicted octanol–water partition coefficient (Wildman–Crippen LogP) is 3.38. The molecule has 3 nitrogen and oxygen atoms in total. The Morgan fingerprint density at radius 3 is 2.53 bits per heavy atom. The second-order valence-electron chi connectivity index (χ2n) is 4.08. The lowest BCUT2D eigenvalue weighted by Gasteiger charge is -2.16. The number of carbonyl (C=O) groups is 1. The first kappa shape index (κ1) is 12.4. The van der Waals surface area contributed by atoms with Crippen LogP contribution in [0.1, 0.15) is 35.2 Å². The monoisotopic (exact) mass is 298 g/mol. The maximum Gasteiger partial charge on any atom is 0.167 e. The fraction of sp³-hybridized carbons (Fsp3) is 0.462. The van der Waals surface area contributed by atoms with Gasteiger partial charge in [-0.15, -0.1) is 0 Å².